The molecule has 3 N–H and O–H groups in total. The standard InChI is InChI=1S/C18H17N5O2S/c24-16(14-10-26-18(19-14)11-6-2-1-3-7-11)22-23-17(25)15-12-8-4-5-9-13(12)20-21-15/h1-3,6-7,10H,4-5,8-9H2,(H,20,21)(H,22,24)(H,23,25). The van der Waals surface area contributed by atoms with E-state index in [1.54, 1.807) is 5.38 Å². The first-order chi connectivity index (χ1) is 12.7. The number of fused-ring (bicyclic) bond motifs is 1. The number of carbonyl (C=O) groups excluding carboxylic acids is 2. The molecule has 0 fully saturated rings. The fourth-order valence-electron chi connectivity index (χ4n) is 3.00. The van der Waals surface area contributed by atoms with Crippen molar-refractivity contribution in [2.24, 2.45) is 0 Å². The van der Waals surface area contributed by atoms with Gasteiger partial charge in [-0.15, -0.1) is 11.3 Å². The summed E-state index contributed by atoms with van der Waals surface area (Å²) in [6.07, 6.45) is 3.87. The molecule has 0 radical (unpaired) electrons. The molecule has 26 heavy (non-hydrogen) atoms. The Morgan fingerprint density at radius 1 is 1.04 bits per heavy atom. The molecule has 3 aromatic rings. The zero-order valence-corrected chi connectivity index (χ0v) is 14.7. The molecule has 2 aromatic heterocycles. The molecule has 8 heteroatoms. The van der Waals surface area contributed by atoms with Gasteiger partial charge in [0.2, 0.25) is 0 Å². The maximum absolute atomic E-state index is 12.3. The quantitative estimate of drug-likeness (QED) is 0.619. The summed E-state index contributed by atoms with van der Waals surface area (Å²) in [6.45, 7) is 0. The minimum Gasteiger partial charge on any atom is -0.281 e. The van der Waals surface area contributed by atoms with Crippen LogP contribution in [0.25, 0.3) is 10.6 Å². The van der Waals surface area contributed by atoms with Crippen molar-refractivity contribution < 1.29 is 9.59 Å². The summed E-state index contributed by atoms with van der Waals surface area (Å²) in [4.78, 5) is 28.9. The zero-order valence-electron chi connectivity index (χ0n) is 13.9. The van der Waals surface area contributed by atoms with Crippen molar-refractivity contribution in [1.82, 2.24) is 26.0 Å². The van der Waals surface area contributed by atoms with Crippen molar-refractivity contribution in [3.8, 4) is 10.6 Å². The van der Waals surface area contributed by atoms with E-state index in [4.69, 9.17) is 0 Å². The number of aromatic nitrogens is 3. The van der Waals surface area contributed by atoms with Gasteiger partial charge >= 0.3 is 0 Å². The molecule has 0 atom stereocenters. The maximum Gasteiger partial charge on any atom is 0.290 e. The minimum atomic E-state index is -0.457. The van der Waals surface area contributed by atoms with E-state index in [2.05, 4.69) is 26.0 Å². The normalized spacial score (nSPS) is 13.1. The fourth-order valence-corrected chi connectivity index (χ4v) is 3.80. The first-order valence-electron chi connectivity index (χ1n) is 8.40. The van der Waals surface area contributed by atoms with E-state index in [1.165, 1.54) is 11.3 Å². The smallest absolute Gasteiger partial charge is 0.281 e. The van der Waals surface area contributed by atoms with E-state index < -0.39 is 11.8 Å². The second-order valence-corrected chi connectivity index (χ2v) is 6.91. The number of nitrogens with one attached hydrogen (secondary N) is 3. The second-order valence-electron chi connectivity index (χ2n) is 6.05. The highest BCUT2D eigenvalue weighted by Gasteiger charge is 2.22. The molecule has 2 amide bonds. The molecule has 0 spiro atoms. The third-order valence-electron chi connectivity index (χ3n) is 4.32. The molecule has 0 aliphatic heterocycles. The number of thiazole rings is 1. The Labute approximate surface area is 153 Å². The molecule has 1 aliphatic rings. The van der Waals surface area contributed by atoms with Crippen LogP contribution >= 0.6 is 11.3 Å². The van der Waals surface area contributed by atoms with Gasteiger partial charge in [-0.1, -0.05) is 30.3 Å². The lowest BCUT2D eigenvalue weighted by Crippen LogP contribution is -2.42. The summed E-state index contributed by atoms with van der Waals surface area (Å²) in [7, 11) is 0. The topological polar surface area (TPSA) is 99.8 Å². The van der Waals surface area contributed by atoms with E-state index in [0.29, 0.717) is 5.69 Å². The lowest BCUT2D eigenvalue weighted by molar-refractivity contribution is 0.0841. The number of hydrogen-bond acceptors (Lipinski definition) is 5. The van der Waals surface area contributed by atoms with E-state index in [9.17, 15) is 9.59 Å². The van der Waals surface area contributed by atoms with Crippen molar-refractivity contribution >= 4 is 23.2 Å². The van der Waals surface area contributed by atoms with Crippen LogP contribution in [0.5, 0.6) is 0 Å². The van der Waals surface area contributed by atoms with Gasteiger partial charge < -0.3 is 0 Å². The van der Waals surface area contributed by atoms with Crippen LogP contribution in [0.15, 0.2) is 35.7 Å². The Morgan fingerprint density at radius 2 is 1.81 bits per heavy atom. The van der Waals surface area contributed by atoms with Crippen LogP contribution in [0.1, 0.15) is 45.1 Å². The first kappa shape index (κ1) is 16.5. The van der Waals surface area contributed by atoms with Crippen molar-refractivity contribution in [3.63, 3.8) is 0 Å². The lowest BCUT2D eigenvalue weighted by atomic mass is 9.96. The summed E-state index contributed by atoms with van der Waals surface area (Å²) < 4.78 is 0. The van der Waals surface area contributed by atoms with E-state index in [-0.39, 0.29) is 5.69 Å². The zero-order chi connectivity index (χ0) is 17.9. The predicted octanol–water partition coefficient (Wildman–Crippen LogP) is 2.49. The molecule has 132 valence electrons. The monoisotopic (exact) mass is 367 g/mol. The SMILES string of the molecule is O=C(NNC(=O)c1n[nH]c2c1CCCC2)c1csc(-c2ccccc2)n1. The largest absolute Gasteiger partial charge is 0.290 e. The third kappa shape index (κ3) is 3.23. The summed E-state index contributed by atoms with van der Waals surface area (Å²) >= 11 is 1.38. The molecular formula is C18H17N5O2S. The van der Waals surface area contributed by atoms with Crippen molar-refractivity contribution in [2.75, 3.05) is 0 Å². The molecule has 4 rings (SSSR count). The Kier molecular flexibility index (Phi) is 4.49. The predicted molar refractivity (Wildman–Crippen MR) is 97.7 cm³/mol. The number of hydrazine groups is 1. The van der Waals surface area contributed by atoms with Gasteiger partial charge in [0.25, 0.3) is 11.8 Å². The number of aryl methyl sites for hydroxylation is 1. The number of rotatable bonds is 3. The molecule has 0 saturated carbocycles. The van der Waals surface area contributed by atoms with E-state index in [0.717, 1.165) is 47.5 Å². The number of carbonyl (C=O) groups is 2. The number of nitrogens with zero attached hydrogens (tertiary/aromatic N) is 2. The average molecular weight is 367 g/mol. The number of hydrogen-bond donors (Lipinski definition) is 3. The van der Waals surface area contributed by atoms with Gasteiger partial charge in [-0.3, -0.25) is 25.5 Å². The Morgan fingerprint density at radius 3 is 2.65 bits per heavy atom. The lowest BCUT2D eigenvalue weighted by Gasteiger charge is -2.11. The highest BCUT2D eigenvalue weighted by atomic mass is 32.1. The molecule has 7 nitrogen and oxygen atoms in total. The van der Waals surface area contributed by atoms with Gasteiger partial charge in [0.15, 0.2) is 5.69 Å². The number of aromatic amines is 1. The average Bonchev–Trinajstić information content (AvgIpc) is 3.34. The van der Waals surface area contributed by atoms with Crippen LogP contribution in [0.4, 0.5) is 0 Å². The van der Waals surface area contributed by atoms with Crippen molar-refractivity contribution in [2.45, 2.75) is 25.7 Å². The second kappa shape index (κ2) is 7.09. The van der Waals surface area contributed by atoms with Crippen LogP contribution in [0.2, 0.25) is 0 Å². The summed E-state index contributed by atoms with van der Waals surface area (Å²) in [5, 5.41) is 9.42. The molecule has 0 saturated heterocycles. The van der Waals surface area contributed by atoms with Crippen LogP contribution < -0.4 is 10.9 Å². The Hall–Kier alpha value is -3.00. The minimum absolute atomic E-state index is 0.262. The number of amides is 2. The first-order valence-corrected chi connectivity index (χ1v) is 9.28. The molecular weight excluding hydrogens is 350 g/mol. The Bertz CT molecular complexity index is 948. The highest BCUT2D eigenvalue weighted by Crippen LogP contribution is 2.23. The van der Waals surface area contributed by atoms with Gasteiger partial charge in [-0.2, -0.15) is 5.10 Å². The van der Waals surface area contributed by atoms with Crippen LogP contribution in [0, 0.1) is 0 Å². The van der Waals surface area contributed by atoms with Gasteiger partial charge in [-0.25, -0.2) is 4.98 Å². The van der Waals surface area contributed by atoms with Gasteiger partial charge in [0.05, 0.1) is 0 Å². The van der Waals surface area contributed by atoms with Crippen molar-refractivity contribution in [1.29, 1.82) is 0 Å². The van der Waals surface area contributed by atoms with Crippen LogP contribution in [-0.4, -0.2) is 27.0 Å². The molecule has 0 bridgehead atoms. The fraction of sp³-hybridized carbons (Fsp3) is 0.222. The van der Waals surface area contributed by atoms with E-state index in [1.807, 2.05) is 30.3 Å². The number of H-pyrrole nitrogens is 1. The highest BCUT2D eigenvalue weighted by molar-refractivity contribution is 7.13. The molecule has 1 aliphatic carbocycles. The maximum atomic E-state index is 12.3. The van der Waals surface area contributed by atoms with Gasteiger partial charge in [0.1, 0.15) is 10.7 Å². The van der Waals surface area contributed by atoms with E-state index >= 15 is 0 Å². The molecule has 1 aromatic carbocycles. The van der Waals surface area contributed by atoms with Gasteiger partial charge in [-0.05, 0) is 25.7 Å². The number of benzene rings is 1. The van der Waals surface area contributed by atoms with Crippen molar-refractivity contribution in [3.05, 3.63) is 58.4 Å². The van der Waals surface area contributed by atoms with Crippen LogP contribution in [0.3, 0.4) is 0 Å². The third-order valence-corrected chi connectivity index (χ3v) is 5.21. The summed E-state index contributed by atoms with van der Waals surface area (Å²) in [5.74, 6) is -0.877. The molecule has 0 unspecified atom stereocenters. The summed E-state index contributed by atoms with van der Waals surface area (Å²) in [6, 6.07) is 9.63. The Balaban J connectivity index is 1.40. The van der Waals surface area contributed by atoms with Crippen LogP contribution in [-0.2, 0) is 12.8 Å². The summed E-state index contributed by atoms with van der Waals surface area (Å²) in [5.41, 5.74) is 8.36. The molecule has 2 heterocycles. The van der Waals surface area contributed by atoms with Gasteiger partial charge in [0, 0.05) is 22.2 Å².